The lowest BCUT2D eigenvalue weighted by Crippen LogP contribution is -2.26. The molecule has 0 aliphatic heterocycles. The van der Waals surface area contributed by atoms with Crippen molar-refractivity contribution in [1.29, 1.82) is 0 Å². The molecule has 6 heteroatoms. The zero-order valence-corrected chi connectivity index (χ0v) is 10.8. The number of nitrogens with zero attached hydrogens (tertiary/aromatic N) is 2. The summed E-state index contributed by atoms with van der Waals surface area (Å²) >= 11 is 5.93. The molecule has 1 aromatic heterocycles. The van der Waals surface area contributed by atoms with E-state index < -0.39 is 6.67 Å². The molecule has 1 aromatic rings. The first-order chi connectivity index (χ1) is 8.06. The lowest BCUT2D eigenvalue weighted by atomic mass is 10.2. The second-order valence-electron chi connectivity index (χ2n) is 4.22. The van der Waals surface area contributed by atoms with Crippen molar-refractivity contribution in [3.05, 3.63) is 21.6 Å². The van der Waals surface area contributed by atoms with Crippen LogP contribution in [0, 0.1) is 5.92 Å². The zero-order chi connectivity index (χ0) is 12.8. The van der Waals surface area contributed by atoms with Gasteiger partial charge in [-0.2, -0.15) is 5.10 Å². The van der Waals surface area contributed by atoms with Gasteiger partial charge in [-0.05, 0) is 12.3 Å². The fourth-order valence-electron chi connectivity index (χ4n) is 1.35. The van der Waals surface area contributed by atoms with Crippen molar-refractivity contribution in [3.8, 4) is 0 Å². The van der Waals surface area contributed by atoms with Gasteiger partial charge in [-0.3, -0.25) is 9.18 Å². The molecule has 1 rings (SSSR count). The van der Waals surface area contributed by atoms with Gasteiger partial charge in [0.2, 0.25) is 0 Å². The number of nitrogens with one attached hydrogen (secondary N) is 1. The molecule has 0 saturated carbocycles. The third-order valence-electron chi connectivity index (χ3n) is 2.15. The van der Waals surface area contributed by atoms with Crippen LogP contribution >= 0.6 is 11.6 Å². The van der Waals surface area contributed by atoms with Crippen LogP contribution in [0.2, 0.25) is 5.02 Å². The van der Waals surface area contributed by atoms with Gasteiger partial charge in [0.15, 0.2) is 0 Å². The van der Waals surface area contributed by atoms with E-state index in [-0.39, 0.29) is 10.6 Å². The largest absolute Gasteiger partial charge is 0.382 e. The van der Waals surface area contributed by atoms with Crippen LogP contribution in [-0.2, 0) is 6.54 Å². The number of hydrogen-bond donors (Lipinski definition) is 1. The molecule has 17 heavy (non-hydrogen) atoms. The van der Waals surface area contributed by atoms with E-state index in [1.165, 1.54) is 10.9 Å². The predicted octanol–water partition coefficient (Wildman–Crippen LogP) is 2.32. The van der Waals surface area contributed by atoms with E-state index in [0.717, 1.165) is 0 Å². The number of hydrogen-bond acceptors (Lipinski definition) is 3. The highest BCUT2D eigenvalue weighted by atomic mass is 35.5. The first-order valence-corrected chi connectivity index (χ1v) is 5.99. The molecule has 96 valence electrons. The van der Waals surface area contributed by atoms with Crippen LogP contribution in [0.1, 0.15) is 20.3 Å². The Labute approximate surface area is 105 Å². The summed E-state index contributed by atoms with van der Waals surface area (Å²) in [5.74, 6) is 0.321. The molecule has 0 radical (unpaired) electrons. The summed E-state index contributed by atoms with van der Waals surface area (Å²) in [5, 5.41) is 7.02. The maximum atomic E-state index is 11.9. The fraction of sp³-hybridized carbons (Fsp3) is 0.636. The minimum Gasteiger partial charge on any atom is -0.382 e. The topological polar surface area (TPSA) is 46.9 Å². The second kappa shape index (κ2) is 6.59. The molecule has 0 fully saturated rings. The first kappa shape index (κ1) is 14.0. The number of anilines is 1. The van der Waals surface area contributed by atoms with Gasteiger partial charge in [-0.1, -0.05) is 25.4 Å². The molecule has 0 saturated heterocycles. The molecule has 0 aromatic carbocycles. The zero-order valence-electron chi connectivity index (χ0n) is 10.0. The lowest BCUT2D eigenvalue weighted by molar-refractivity contribution is 0.463. The molecule has 0 atom stereocenters. The summed E-state index contributed by atoms with van der Waals surface area (Å²) in [5.41, 5.74) is 0.149. The number of halogens is 2. The van der Waals surface area contributed by atoms with Crippen LogP contribution < -0.4 is 10.9 Å². The van der Waals surface area contributed by atoms with E-state index in [9.17, 15) is 9.18 Å². The van der Waals surface area contributed by atoms with Crippen molar-refractivity contribution in [2.75, 3.05) is 18.5 Å². The summed E-state index contributed by atoms with van der Waals surface area (Å²) < 4.78 is 13.3. The second-order valence-corrected chi connectivity index (χ2v) is 4.60. The normalized spacial score (nSPS) is 10.9. The molecular formula is C11H17ClFN3O. The lowest BCUT2D eigenvalue weighted by Gasteiger charge is -2.11. The molecule has 0 bridgehead atoms. The van der Waals surface area contributed by atoms with E-state index >= 15 is 0 Å². The standard InChI is InChI=1S/C11H17ClFN3O/c1-8(2)7-16-11(17)10(12)9(6-15-16)14-5-3-4-13/h6,8,14H,3-5,7H2,1-2H3. The smallest absolute Gasteiger partial charge is 0.287 e. The summed E-state index contributed by atoms with van der Waals surface area (Å²) in [4.78, 5) is 11.8. The van der Waals surface area contributed by atoms with E-state index in [1.54, 1.807) is 0 Å². The summed E-state index contributed by atoms with van der Waals surface area (Å²) in [7, 11) is 0. The van der Waals surface area contributed by atoms with Gasteiger partial charge in [0.25, 0.3) is 5.56 Å². The van der Waals surface area contributed by atoms with Crippen LogP contribution in [0.25, 0.3) is 0 Å². The van der Waals surface area contributed by atoms with Crippen LogP contribution in [0.15, 0.2) is 11.0 Å². The Morgan fingerprint density at radius 3 is 2.88 bits per heavy atom. The SMILES string of the molecule is CC(C)Cn1ncc(NCCCF)c(Cl)c1=O. The maximum absolute atomic E-state index is 11.9. The number of alkyl halides is 1. The van der Waals surface area contributed by atoms with Gasteiger partial charge in [-0.25, -0.2) is 4.68 Å². The molecule has 0 aliphatic carbocycles. The Morgan fingerprint density at radius 2 is 2.29 bits per heavy atom. The average Bonchev–Trinajstić information content (AvgIpc) is 2.28. The quantitative estimate of drug-likeness (QED) is 0.800. The summed E-state index contributed by atoms with van der Waals surface area (Å²) in [6, 6.07) is 0. The Bertz CT molecular complexity index is 420. The van der Waals surface area contributed by atoms with Gasteiger partial charge >= 0.3 is 0 Å². The highest BCUT2D eigenvalue weighted by Gasteiger charge is 2.09. The van der Waals surface area contributed by atoms with Gasteiger partial charge in [-0.15, -0.1) is 0 Å². The third kappa shape index (κ3) is 4.00. The highest BCUT2D eigenvalue weighted by Crippen LogP contribution is 2.15. The molecule has 0 spiro atoms. The average molecular weight is 262 g/mol. The van der Waals surface area contributed by atoms with E-state index in [1.807, 2.05) is 13.8 Å². The molecule has 4 nitrogen and oxygen atoms in total. The summed E-state index contributed by atoms with van der Waals surface area (Å²) in [6.07, 6.45) is 1.88. The van der Waals surface area contributed by atoms with Crippen molar-refractivity contribution in [2.24, 2.45) is 5.92 Å². The molecular weight excluding hydrogens is 245 g/mol. The summed E-state index contributed by atoms with van der Waals surface area (Å²) in [6.45, 7) is 4.56. The Balaban J connectivity index is 2.83. The molecule has 0 aliphatic rings. The first-order valence-electron chi connectivity index (χ1n) is 5.61. The van der Waals surface area contributed by atoms with Crippen molar-refractivity contribution in [3.63, 3.8) is 0 Å². The van der Waals surface area contributed by atoms with Crippen molar-refractivity contribution in [2.45, 2.75) is 26.8 Å². The molecule has 0 amide bonds. The third-order valence-corrected chi connectivity index (χ3v) is 2.51. The minimum atomic E-state index is -0.400. The maximum Gasteiger partial charge on any atom is 0.287 e. The molecule has 1 N–H and O–H groups in total. The Morgan fingerprint density at radius 1 is 1.59 bits per heavy atom. The van der Waals surface area contributed by atoms with Crippen LogP contribution in [-0.4, -0.2) is 23.0 Å². The van der Waals surface area contributed by atoms with Crippen LogP contribution in [0.4, 0.5) is 10.1 Å². The molecule has 1 heterocycles. The van der Waals surface area contributed by atoms with Gasteiger partial charge < -0.3 is 5.32 Å². The predicted molar refractivity (Wildman–Crippen MR) is 67.4 cm³/mol. The van der Waals surface area contributed by atoms with Gasteiger partial charge in [0.05, 0.1) is 18.6 Å². The monoisotopic (exact) mass is 261 g/mol. The van der Waals surface area contributed by atoms with E-state index in [0.29, 0.717) is 31.1 Å². The van der Waals surface area contributed by atoms with Crippen molar-refractivity contribution in [1.82, 2.24) is 9.78 Å². The van der Waals surface area contributed by atoms with E-state index in [2.05, 4.69) is 10.4 Å². The minimum absolute atomic E-state index is 0.111. The Hall–Kier alpha value is -1.10. The van der Waals surface area contributed by atoms with Gasteiger partial charge in [0, 0.05) is 13.1 Å². The molecule has 0 unspecified atom stereocenters. The highest BCUT2D eigenvalue weighted by molar-refractivity contribution is 6.32. The van der Waals surface area contributed by atoms with Crippen molar-refractivity contribution < 1.29 is 4.39 Å². The fourth-order valence-corrected chi connectivity index (χ4v) is 1.57. The van der Waals surface area contributed by atoms with E-state index in [4.69, 9.17) is 11.6 Å². The number of aromatic nitrogens is 2. The van der Waals surface area contributed by atoms with Crippen LogP contribution in [0.5, 0.6) is 0 Å². The number of rotatable bonds is 6. The van der Waals surface area contributed by atoms with Crippen molar-refractivity contribution >= 4 is 17.3 Å². The van der Waals surface area contributed by atoms with Gasteiger partial charge in [0.1, 0.15) is 5.02 Å². The van der Waals surface area contributed by atoms with Crippen LogP contribution in [0.3, 0.4) is 0 Å². The Kier molecular flexibility index (Phi) is 5.41.